The SMILES string of the molecule is COc1cccc(-c2nc3ccccc3[nH]2)c1OCCCn1ccnc1. The number of fused-ring (bicyclic) bond motifs is 1. The maximum atomic E-state index is 6.09. The molecule has 0 saturated carbocycles. The van der Waals surface area contributed by atoms with Gasteiger partial charge >= 0.3 is 0 Å². The van der Waals surface area contributed by atoms with Gasteiger partial charge in [0.25, 0.3) is 0 Å². The number of hydrogen-bond donors (Lipinski definition) is 1. The van der Waals surface area contributed by atoms with Gasteiger partial charge in [-0.2, -0.15) is 0 Å². The third-order valence-electron chi connectivity index (χ3n) is 4.21. The number of rotatable bonds is 7. The molecule has 1 N–H and O–H groups in total. The molecule has 0 aliphatic heterocycles. The van der Waals surface area contributed by atoms with Crippen LogP contribution in [0.15, 0.2) is 61.2 Å². The van der Waals surface area contributed by atoms with E-state index in [0.717, 1.165) is 35.4 Å². The van der Waals surface area contributed by atoms with E-state index in [-0.39, 0.29) is 0 Å². The van der Waals surface area contributed by atoms with Crippen molar-refractivity contribution in [2.24, 2.45) is 0 Å². The Morgan fingerprint density at radius 3 is 2.85 bits per heavy atom. The van der Waals surface area contributed by atoms with Gasteiger partial charge in [-0.1, -0.05) is 18.2 Å². The Bertz CT molecular complexity index is 959. The molecule has 4 rings (SSSR count). The summed E-state index contributed by atoms with van der Waals surface area (Å²) < 4.78 is 13.6. The number of aromatic amines is 1. The first-order valence-corrected chi connectivity index (χ1v) is 8.56. The smallest absolute Gasteiger partial charge is 0.172 e. The van der Waals surface area contributed by atoms with Gasteiger partial charge in [-0.05, 0) is 30.7 Å². The molecule has 4 aromatic rings. The number of ether oxygens (including phenoxy) is 2. The predicted octanol–water partition coefficient (Wildman–Crippen LogP) is 3.90. The van der Waals surface area contributed by atoms with Crippen LogP contribution in [0, 0.1) is 0 Å². The molecule has 2 heterocycles. The first-order chi connectivity index (χ1) is 12.8. The van der Waals surface area contributed by atoms with E-state index in [1.165, 1.54) is 0 Å². The number of benzene rings is 2. The number of H-pyrrole nitrogens is 1. The summed E-state index contributed by atoms with van der Waals surface area (Å²) >= 11 is 0. The molecule has 0 unspecified atom stereocenters. The Balaban J connectivity index is 1.58. The molecule has 0 fully saturated rings. The highest BCUT2D eigenvalue weighted by atomic mass is 16.5. The molecule has 0 spiro atoms. The minimum absolute atomic E-state index is 0.575. The van der Waals surface area contributed by atoms with E-state index in [0.29, 0.717) is 18.1 Å². The molecule has 26 heavy (non-hydrogen) atoms. The summed E-state index contributed by atoms with van der Waals surface area (Å²) in [4.78, 5) is 12.1. The molecule has 0 radical (unpaired) electrons. The van der Waals surface area contributed by atoms with Crippen LogP contribution < -0.4 is 9.47 Å². The third-order valence-corrected chi connectivity index (χ3v) is 4.21. The largest absolute Gasteiger partial charge is 0.493 e. The van der Waals surface area contributed by atoms with Gasteiger partial charge in [0.05, 0.1) is 36.6 Å². The number of imidazole rings is 2. The molecule has 2 aromatic heterocycles. The van der Waals surface area contributed by atoms with E-state index in [4.69, 9.17) is 9.47 Å². The number of para-hydroxylation sites is 3. The second-order valence-corrected chi connectivity index (χ2v) is 5.94. The van der Waals surface area contributed by atoms with Gasteiger partial charge in [-0.15, -0.1) is 0 Å². The summed E-state index contributed by atoms with van der Waals surface area (Å²) in [5.41, 5.74) is 2.82. The molecular formula is C20H20N4O2. The van der Waals surface area contributed by atoms with Crippen LogP contribution in [0.2, 0.25) is 0 Å². The first kappa shape index (κ1) is 16.2. The van der Waals surface area contributed by atoms with Crippen molar-refractivity contribution in [1.82, 2.24) is 19.5 Å². The zero-order valence-electron chi connectivity index (χ0n) is 14.6. The number of methoxy groups -OCH3 is 1. The van der Waals surface area contributed by atoms with E-state index in [1.807, 2.05) is 59.6 Å². The third kappa shape index (κ3) is 3.26. The number of hydrogen-bond acceptors (Lipinski definition) is 4. The minimum Gasteiger partial charge on any atom is -0.493 e. The number of nitrogens with zero attached hydrogens (tertiary/aromatic N) is 3. The van der Waals surface area contributed by atoms with E-state index < -0.39 is 0 Å². The summed E-state index contributed by atoms with van der Waals surface area (Å²) in [6.45, 7) is 1.43. The van der Waals surface area contributed by atoms with Crippen molar-refractivity contribution >= 4 is 11.0 Å². The first-order valence-electron chi connectivity index (χ1n) is 8.56. The van der Waals surface area contributed by atoms with Crippen molar-refractivity contribution in [3.63, 3.8) is 0 Å². The molecule has 0 bridgehead atoms. The zero-order chi connectivity index (χ0) is 17.8. The summed E-state index contributed by atoms with van der Waals surface area (Å²) in [6.07, 6.45) is 6.40. The highest BCUT2D eigenvalue weighted by Crippen LogP contribution is 2.37. The Morgan fingerprint density at radius 1 is 1.12 bits per heavy atom. The molecule has 2 aromatic carbocycles. The van der Waals surface area contributed by atoms with Gasteiger partial charge < -0.3 is 19.0 Å². The van der Waals surface area contributed by atoms with E-state index >= 15 is 0 Å². The van der Waals surface area contributed by atoms with Crippen molar-refractivity contribution < 1.29 is 9.47 Å². The van der Waals surface area contributed by atoms with Gasteiger partial charge in [0.2, 0.25) is 0 Å². The van der Waals surface area contributed by atoms with Crippen LogP contribution in [0.4, 0.5) is 0 Å². The minimum atomic E-state index is 0.575. The zero-order valence-corrected chi connectivity index (χ0v) is 14.6. The summed E-state index contributed by atoms with van der Waals surface area (Å²) in [5.74, 6) is 2.18. The fourth-order valence-corrected chi connectivity index (χ4v) is 2.93. The lowest BCUT2D eigenvalue weighted by atomic mass is 10.1. The number of nitrogens with one attached hydrogen (secondary N) is 1. The van der Waals surface area contributed by atoms with Crippen molar-refractivity contribution in [3.05, 3.63) is 61.2 Å². The predicted molar refractivity (Wildman–Crippen MR) is 100 cm³/mol. The monoisotopic (exact) mass is 348 g/mol. The van der Waals surface area contributed by atoms with Crippen molar-refractivity contribution in [2.45, 2.75) is 13.0 Å². The highest BCUT2D eigenvalue weighted by molar-refractivity contribution is 5.81. The topological polar surface area (TPSA) is 65.0 Å². The molecular weight excluding hydrogens is 328 g/mol. The fraction of sp³-hybridized carbons (Fsp3) is 0.200. The van der Waals surface area contributed by atoms with Gasteiger partial charge in [-0.3, -0.25) is 0 Å². The van der Waals surface area contributed by atoms with E-state index in [1.54, 1.807) is 13.3 Å². The lowest BCUT2D eigenvalue weighted by Gasteiger charge is -2.14. The molecule has 0 saturated heterocycles. The summed E-state index contributed by atoms with van der Waals surface area (Å²) in [5, 5.41) is 0. The Kier molecular flexibility index (Phi) is 4.55. The quantitative estimate of drug-likeness (QED) is 0.514. The normalized spacial score (nSPS) is 11.0. The van der Waals surface area contributed by atoms with Gasteiger partial charge in [0, 0.05) is 18.9 Å². The Labute approximate surface area is 151 Å². The molecule has 0 aliphatic rings. The molecule has 0 aliphatic carbocycles. The molecule has 132 valence electrons. The molecule has 0 amide bonds. The fourth-order valence-electron chi connectivity index (χ4n) is 2.93. The number of aromatic nitrogens is 4. The van der Waals surface area contributed by atoms with Crippen molar-refractivity contribution in [3.8, 4) is 22.9 Å². The average molecular weight is 348 g/mol. The lowest BCUT2D eigenvalue weighted by molar-refractivity contribution is 0.283. The molecule has 6 heteroatoms. The molecule has 0 atom stereocenters. The molecule has 6 nitrogen and oxygen atoms in total. The van der Waals surface area contributed by atoms with Crippen molar-refractivity contribution in [1.29, 1.82) is 0 Å². The van der Waals surface area contributed by atoms with Crippen LogP contribution in [0.3, 0.4) is 0 Å². The van der Waals surface area contributed by atoms with Crippen LogP contribution in [-0.4, -0.2) is 33.2 Å². The maximum absolute atomic E-state index is 6.09. The van der Waals surface area contributed by atoms with Crippen LogP contribution in [-0.2, 0) is 6.54 Å². The van der Waals surface area contributed by atoms with Crippen molar-refractivity contribution in [2.75, 3.05) is 13.7 Å². The lowest BCUT2D eigenvalue weighted by Crippen LogP contribution is -2.05. The van der Waals surface area contributed by atoms with Gasteiger partial charge in [0.15, 0.2) is 11.5 Å². The average Bonchev–Trinajstić information content (AvgIpc) is 3.34. The highest BCUT2D eigenvalue weighted by Gasteiger charge is 2.15. The Morgan fingerprint density at radius 2 is 2.04 bits per heavy atom. The van der Waals surface area contributed by atoms with Crippen LogP contribution >= 0.6 is 0 Å². The van der Waals surface area contributed by atoms with Gasteiger partial charge in [-0.25, -0.2) is 9.97 Å². The summed E-state index contributed by atoms with van der Waals surface area (Å²) in [7, 11) is 1.65. The van der Waals surface area contributed by atoms with Crippen LogP contribution in [0.1, 0.15) is 6.42 Å². The van der Waals surface area contributed by atoms with Crippen LogP contribution in [0.5, 0.6) is 11.5 Å². The maximum Gasteiger partial charge on any atom is 0.172 e. The van der Waals surface area contributed by atoms with Crippen LogP contribution in [0.25, 0.3) is 22.4 Å². The second kappa shape index (κ2) is 7.31. The second-order valence-electron chi connectivity index (χ2n) is 5.94. The number of aryl methyl sites for hydroxylation is 1. The van der Waals surface area contributed by atoms with E-state index in [2.05, 4.69) is 15.0 Å². The van der Waals surface area contributed by atoms with Gasteiger partial charge in [0.1, 0.15) is 5.82 Å². The Hall–Kier alpha value is -3.28. The standard InChI is InChI=1S/C20H20N4O2/c1-25-18-9-4-6-15(20-22-16-7-2-3-8-17(16)23-20)19(18)26-13-5-11-24-12-10-21-14-24/h2-4,6-10,12,14H,5,11,13H2,1H3,(H,22,23). The van der Waals surface area contributed by atoms with E-state index in [9.17, 15) is 0 Å². The summed E-state index contributed by atoms with van der Waals surface area (Å²) in [6, 6.07) is 13.8.